The van der Waals surface area contributed by atoms with Gasteiger partial charge in [0.1, 0.15) is 11.9 Å². The summed E-state index contributed by atoms with van der Waals surface area (Å²) < 4.78 is 0.991. The highest BCUT2D eigenvalue weighted by Crippen LogP contribution is 2.30. The second-order valence-electron chi connectivity index (χ2n) is 5.19. The minimum Gasteiger partial charge on any atom is -0.367 e. The van der Waals surface area contributed by atoms with Crippen molar-refractivity contribution in [2.45, 2.75) is 6.04 Å². The van der Waals surface area contributed by atoms with E-state index in [0.29, 0.717) is 5.56 Å². The Balaban J connectivity index is 1.90. The molecular weight excluding hydrogens is 330 g/mol. The Bertz CT molecular complexity index is 661. The molecule has 1 aromatic carbocycles. The SMILES string of the molecule is CN1CCN(c2cc(Br)ccc2C#N)C[C@H]1c1ncc[nH]1. The number of nitriles is 1. The summed E-state index contributed by atoms with van der Waals surface area (Å²) in [4.78, 5) is 12.1. The molecule has 0 radical (unpaired) electrons. The molecule has 5 nitrogen and oxygen atoms in total. The zero-order valence-electron chi connectivity index (χ0n) is 11.8. The molecule has 0 aliphatic carbocycles. The van der Waals surface area contributed by atoms with Gasteiger partial charge in [0, 0.05) is 36.5 Å². The van der Waals surface area contributed by atoms with E-state index in [1.54, 1.807) is 6.20 Å². The van der Waals surface area contributed by atoms with E-state index in [4.69, 9.17) is 0 Å². The maximum atomic E-state index is 9.32. The molecule has 0 amide bonds. The van der Waals surface area contributed by atoms with Gasteiger partial charge in [-0.2, -0.15) is 5.26 Å². The first-order valence-electron chi connectivity index (χ1n) is 6.83. The Kier molecular flexibility index (Phi) is 3.95. The fraction of sp³-hybridized carbons (Fsp3) is 0.333. The van der Waals surface area contributed by atoms with Crippen LogP contribution in [0.2, 0.25) is 0 Å². The van der Waals surface area contributed by atoms with Crippen LogP contribution in [0.5, 0.6) is 0 Å². The summed E-state index contributed by atoms with van der Waals surface area (Å²) >= 11 is 3.49. The number of hydrogen-bond donors (Lipinski definition) is 1. The second-order valence-corrected chi connectivity index (χ2v) is 6.11. The number of imidazole rings is 1. The van der Waals surface area contributed by atoms with E-state index in [1.807, 2.05) is 24.4 Å². The number of aromatic nitrogens is 2. The summed E-state index contributed by atoms with van der Waals surface area (Å²) in [6.07, 6.45) is 3.63. The molecule has 2 aromatic rings. The van der Waals surface area contributed by atoms with Crippen molar-refractivity contribution in [2.24, 2.45) is 0 Å². The number of nitrogens with zero attached hydrogens (tertiary/aromatic N) is 4. The van der Waals surface area contributed by atoms with Crippen molar-refractivity contribution in [3.05, 3.63) is 46.5 Å². The molecule has 21 heavy (non-hydrogen) atoms. The van der Waals surface area contributed by atoms with Gasteiger partial charge < -0.3 is 9.88 Å². The van der Waals surface area contributed by atoms with Crippen LogP contribution in [-0.2, 0) is 0 Å². The minimum atomic E-state index is 0.208. The van der Waals surface area contributed by atoms with Gasteiger partial charge in [0.15, 0.2) is 0 Å². The van der Waals surface area contributed by atoms with Gasteiger partial charge in [0.2, 0.25) is 0 Å². The maximum absolute atomic E-state index is 9.32. The lowest BCUT2D eigenvalue weighted by Gasteiger charge is -2.40. The number of rotatable bonds is 2. The molecule has 1 N–H and O–H groups in total. The second kappa shape index (κ2) is 5.88. The number of piperazine rings is 1. The van der Waals surface area contributed by atoms with Gasteiger partial charge in [-0.3, -0.25) is 4.90 Å². The number of benzene rings is 1. The lowest BCUT2D eigenvalue weighted by Crippen LogP contribution is -2.47. The molecule has 3 rings (SSSR count). The zero-order chi connectivity index (χ0) is 14.8. The first-order valence-corrected chi connectivity index (χ1v) is 7.62. The van der Waals surface area contributed by atoms with Crippen LogP contribution < -0.4 is 4.90 Å². The first-order chi connectivity index (χ1) is 10.2. The van der Waals surface area contributed by atoms with E-state index in [1.165, 1.54) is 0 Å². The van der Waals surface area contributed by atoms with Crippen molar-refractivity contribution in [1.29, 1.82) is 5.26 Å². The van der Waals surface area contributed by atoms with Crippen LogP contribution in [0.15, 0.2) is 35.1 Å². The lowest BCUT2D eigenvalue weighted by atomic mass is 10.1. The summed E-state index contributed by atoms with van der Waals surface area (Å²) in [7, 11) is 2.11. The van der Waals surface area contributed by atoms with Gasteiger partial charge in [0.25, 0.3) is 0 Å². The molecule has 1 aliphatic rings. The van der Waals surface area contributed by atoms with E-state index in [2.05, 4.69) is 48.8 Å². The van der Waals surface area contributed by atoms with Crippen LogP contribution in [0.25, 0.3) is 0 Å². The van der Waals surface area contributed by atoms with Gasteiger partial charge >= 0.3 is 0 Å². The topological polar surface area (TPSA) is 58.9 Å². The van der Waals surface area contributed by atoms with Crippen LogP contribution in [0.4, 0.5) is 5.69 Å². The van der Waals surface area contributed by atoms with Crippen LogP contribution in [0, 0.1) is 11.3 Å². The number of hydrogen-bond acceptors (Lipinski definition) is 4. The van der Waals surface area contributed by atoms with Gasteiger partial charge in [-0.15, -0.1) is 0 Å². The molecule has 108 valence electrons. The molecule has 0 spiro atoms. The van der Waals surface area contributed by atoms with Gasteiger partial charge in [-0.25, -0.2) is 4.98 Å². The summed E-state index contributed by atoms with van der Waals surface area (Å²) in [5.74, 6) is 0.968. The standard InChI is InChI=1S/C15H16BrN5/c1-20-6-7-21(10-14(20)15-18-4-5-19-15)13-8-12(16)3-2-11(13)9-17/h2-5,8,14H,6-7,10H2,1H3,(H,18,19)/t14-/m0/s1. The average Bonchev–Trinajstić information content (AvgIpc) is 3.02. The highest BCUT2D eigenvalue weighted by molar-refractivity contribution is 9.10. The summed E-state index contributed by atoms with van der Waals surface area (Å²) in [5, 5.41) is 9.32. The molecule has 0 saturated carbocycles. The van der Waals surface area contributed by atoms with Crippen LogP contribution in [-0.4, -0.2) is 41.5 Å². The smallest absolute Gasteiger partial charge is 0.125 e. The predicted molar refractivity (Wildman–Crippen MR) is 85.0 cm³/mol. The predicted octanol–water partition coefficient (Wildman–Crippen LogP) is 2.54. The Morgan fingerprint density at radius 1 is 1.43 bits per heavy atom. The summed E-state index contributed by atoms with van der Waals surface area (Å²) in [6, 6.07) is 8.27. The van der Waals surface area contributed by atoms with Crippen LogP contribution in [0.1, 0.15) is 17.4 Å². The number of likely N-dealkylation sites (N-methyl/N-ethyl adjacent to an activating group) is 1. The Hall–Kier alpha value is -1.84. The van der Waals surface area contributed by atoms with Crippen molar-refractivity contribution in [2.75, 3.05) is 31.6 Å². The van der Waals surface area contributed by atoms with Crippen molar-refractivity contribution in [3.63, 3.8) is 0 Å². The molecule has 1 aromatic heterocycles. The van der Waals surface area contributed by atoms with Crippen LogP contribution >= 0.6 is 15.9 Å². The van der Waals surface area contributed by atoms with E-state index in [0.717, 1.165) is 35.6 Å². The van der Waals surface area contributed by atoms with Crippen molar-refractivity contribution < 1.29 is 0 Å². The third-order valence-corrected chi connectivity index (χ3v) is 4.40. The molecule has 0 unspecified atom stereocenters. The first kappa shape index (κ1) is 14.1. The van der Waals surface area contributed by atoms with Gasteiger partial charge in [0.05, 0.1) is 17.3 Å². The lowest BCUT2D eigenvalue weighted by molar-refractivity contribution is 0.213. The van der Waals surface area contributed by atoms with Crippen molar-refractivity contribution in [1.82, 2.24) is 14.9 Å². The molecule has 1 fully saturated rings. The fourth-order valence-electron chi connectivity index (χ4n) is 2.71. The molecule has 1 aliphatic heterocycles. The molecule has 1 atom stereocenters. The number of aromatic amines is 1. The quantitative estimate of drug-likeness (QED) is 0.908. The van der Waals surface area contributed by atoms with Crippen molar-refractivity contribution >= 4 is 21.6 Å². The van der Waals surface area contributed by atoms with E-state index >= 15 is 0 Å². The average molecular weight is 346 g/mol. The number of anilines is 1. The maximum Gasteiger partial charge on any atom is 0.125 e. The fourth-order valence-corrected chi connectivity index (χ4v) is 3.06. The Morgan fingerprint density at radius 2 is 2.29 bits per heavy atom. The molecule has 6 heteroatoms. The monoisotopic (exact) mass is 345 g/mol. The summed E-state index contributed by atoms with van der Waals surface area (Å²) in [6.45, 7) is 2.65. The third-order valence-electron chi connectivity index (χ3n) is 3.90. The highest BCUT2D eigenvalue weighted by atomic mass is 79.9. The van der Waals surface area contributed by atoms with Crippen molar-refractivity contribution in [3.8, 4) is 6.07 Å². The molecule has 2 heterocycles. The molecule has 1 saturated heterocycles. The highest BCUT2D eigenvalue weighted by Gasteiger charge is 2.28. The largest absolute Gasteiger partial charge is 0.367 e. The number of halogens is 1. The molecular formula is C15H16BrN5. The number of nitrogens with one attached hydrogen (secondary N) is 1. The van der Waals surface area contributed by atoms with E-state index in [9.17, 15) is 5.26 Å². The van der Waals surface area contributed by atoms with Gasteiger partial charge in [-0.05, 0) is 25.2 Å². The normalized spacial score (nSPS) is 19.5. The Morgan fingerprint density at radius 3 is 3.00 bits per heavy atom. The van der Waals surface area contributed by atoms with Gasteiger partial charge in [-0.1, -0.05) is 15.9 Å². The Labute approximate surface area is 132 Å². The number of H-pyrrole nitrogens is 1. The van der Waals surface area contributed by atoms with E-state index in [-0.39, 0.29) is 6.04 Å². The zero-order valence-corrected chi connectivity index (χ0v) is 13.3. The third kappa shape index (κ3) is 2.80. The summed E-state index contributed by atoms with van der Waals surface area (Å²) in [5.41, 5.74) is 1.69. The van der Waals surface area contributed by atoms with E-state index < -0.39 is 0 Å². The van der Waals surface area contributed by atoms with Crippen LogP contribution in [0.3, 0.4) is 0 Å². The minimum absolute atomic E-state index is 0.208. The molecule has 0 bridgehead atoms.